The minimum Gasteiger partial charge on any atom is -0.394 e. The molecule has 12 nitrogen and oxygen atoms in total. The van der Waals surface area contributed by atoms with Crippen molar-refractivity contribution in [2.75, 3.05) is 23.1 Å². The highest BCUT2D eigenvalue weighted by Gasteiger charge is 2.53. The van der Waals surface area contributed by atoms with Crippen LogP contribution in [0, 0.1) is 16.0 Å². The predicted octanol–water partition coefficient (Wildman–Crippen LogP) is 4.43. The lowest BCUT2D eigenvalue weighted by Gasteiger charge is -2.28. The first-order valence-corrected chi connectivity index (χ1v) is 16.1. The smallest absolute Gasteiger partial charge is 0.269 e. The Bertz CT molecular complexity index is 1790. The summed E-state index contributed by atoms with van der Waals surface area (Å²) in [6.07, 6.45) is 5.63. The van der Waals surface area contributed by atoms with Gasteiger partial charge < -0.3 is 20.0 Å². The van der Waals surface area contributed by atoms with E-state index in [9.17, 15) is 34.7 Å². The van der Waals surface area contributed by atoms with E-state index in [0.29, 0.717) is 36.3 Å². The van der Waals surface area contributed by atoms with Gasteiger partial charge in [0.25, 0.3) is 11.6 Å². The molecular formula is C36H37N5O7. The monoisotopic (exact) mass is 651 g/mol. The Kier molecular flexibility index (Phi) is 9.20. The van der Waals surface area contributed by atoms with Crippen LogP contribution in [-0.4, -0.2) is 62.7 Å². The maximum absolute atomic E-state index is 14.0. The average Bonchev–Trinajstić information content (AvgIpc) is 3.67. The molecule has 3 aliphatic heterocycles. The van der Waals surface area contributed by atoms with Gasteiger partial charge in [-0.15, -0.1) is 0 Å². The first-order chi connectivity index (χ1) is 23.1. The number of nitro groups is 1. The molecular weight excluding hydrogens is 614 g/mol. The van der Waals surface area contributed by atoms with Gasteiger partial charge in [-0.1, -0.05) is 61.5 Å². The minimum atomic E-state index is -2.12. The van der Waals surface area contributed by atoms with Gasteiger partial charge in [0, 0.05) is 49.4 Å². The van der Waals surface area contributed by atoms with Crippen molar-refractivity contribution in [1.29, 1.82) is 0 Å². The lowest BCUT2D eigenvalue weighted by molar-refractivity contribution is -0.385. The number of rotatable bonds is 10. The van der Waals surface area contributed by atoms with E-state index in [2.05, 4.69) is 5.10 Å². The molecule has 0 saturated carbocycles. The number of non-ortho nitro benzene ring substituents is 1. The molecule has 3 amide bonds. The fourth-order valence-electron chi connectivity index (χ4n) is 6.71. The van der Waals surface area contributed by atoms with Crippen LogP contribution in [0.25, 0.3) is 0 Å². The average molecular weight is 652 g/mol. The molecule has 0 aliphatic carbocycles. The molecule has 2 N–H and O–H groups in total. The van der Waals surface area contributed by atoms with Crippen LogP contribution in [-0.2, 0) is 26.5 Å². The summed E-state index contributed by atoms with van der Waals surface area (Å²) in [4.78, 5) is 53.7. The van der Waals surface area contributed by atoms with E-state index >= 15 is 0 Å². The zero-order chi connectivity index (χ0) is 34.0. The number of hydrogen-bond donors (Lipinski definition) is 2. The molecule has 3 atom stereocenters. The number of aliphatic hydroxyl groups is 2. The van der Waals surface area contributed by atoms with Crippen molar-refractivity contribution in [1.82, 2.24) is 4.90 Å². The molecule has 0 aromatic heterocycles. The first-order valence-electron chi connectivity index (χ1n) is 16.1. The van der Waals surface area contributed by atoms with Crippen LogP contribution in [0.5, 0.6) is 0 Å². The Morgan fingerprint density at radius 2 is 1.85 bits per heavy atom. The molecule has 12 heteroatoms. The Morgan fingerprint density at radius 3 is 2.56 bits per heavy atom. The van der Waals surface area contributed by atoms with Gasteiger partial charge >= 0.3 is 0 Å². The Balaban J connectivity index is 1.23. The Labute approximate surface area is 277 Å². The van der Waals surface area contributed by atoms with Gasteiger partial charge in [-0.05, 0) is 42.2 Å². The Morgan fingerprint density at radius 1 is 1.10 bits per heavy atom. The molecule has 3 heterocycles. The maximum atomic E-state index is 14.0. The number of benzene rings is 3. The normalized spacial score (nSPS) is 21.5. The standard InChI is InChI=1S/C36H37N5O7/c1-24(7-5-11-33(43)38-20-6-10-29(38)23-42)36(46)30-21-28(41(47)48)16-18-32(30)39(35(36)45)22-25-12-14-27(15-13-25)40-34(44)19-17-31(37-40)26-8-3-2-4-9-26/h2-5,7-9,12-16,18,21,24,29,42,46H,6,10-11,17,19-20,22-23H2,1H3/b7-5+/t24-,29-,36+/m0/s1. The largest absolute Gasteiger partial charge is 0.394 e. The second-order valence-corrected chi connectivity index (χ2v) is 12.4. The summed E-state index contributed by atoms with van der Waals surface area (Å²) in [5.74, 6) is -1.77. The molecule has 248 valence electrons. The number of likely N-dealkylation sites (tertiary alicyclic amines) is 1. The van der Waals surface area contributed by atoms with Crippen LogP contribution in [0.2, 0.25) is 0 Å². The molecule has 0 spiro atoms. The van der Waals surface area contributed by atoms with E-state index in [1.54, 1.807) is 48.2 Å². The molecule has 0 radical (unpaired) electrons. The van der Waals surface area contributed by atoms with Crippen LogP contribution in [0.1, 0.15) is 55.7 Å². The number of nitrogens with zero attached hydrogens (tertiary/aromatic N) is 5. The van der Waals surface area contributed by atoms with Crippen LogP contribution < -0.4 is 9.91 Å². The van der Waals surface area contributed by atoms with Crippen LogP contribution in [0.3, 0.4) is 0 Å². The number of carbonyl (C=O) groups is 3. The number of amides is 3. The van der Waals surface area contributed by atoms with E-state index in [4.69, 9.17) is 0 Å². The minimum absolute atomic E-state index is 0.0272. The molecule has 3 aromatic carbocycles. The van der Waals surface area contributed by atoms with Crippen molar-refractivity contribution in [3.8, 4) is 0 Å². The highest BCUT2D eigenvalue weighted by molar-refractivity contribution is 6.09. The lowest BCUT2D eigenvalue weighted by Crippen LogP contribution is -2.44. The summed E-state index contributed by atoms with van der Waals surface area (Å²) in [7, 11) is 0. The van der Waals surface area contributed by atoms with Crippen molar-refractivity contribution in [2.45, 2.75) is 57.2 Å². The third-order valence-electron chi connectivity index (χ3n) is 9.41. The first kappa shape index (κ1) is 32.7. The van der Waals surface area contributed by atoms with Crippen LogP contribution >= 0.6 is 0 Å². The summed E-state index contributed by atoms with van der Waals surface area (Å²) < 4.78 is 0. The van der Waals surface area contributed by atoms with Crippen molar-refractivity contribution in [2.24, 2.45) is 11.0 Å². The topological polar surface area (TPSA) is 157 Å². The predicted molar refractivity (Wildman–Crippen MR) is 179 cm³/mol. The lowest BCUT2D eigenvalue weighted by atomic mass is 9.82. The van der Waals surface area contributed by atoms with Gasteiger partial charge in [-0.2, -0.15) is 5.10 Å². The third-order valence-corrected chi connectivity index (χ3v) is 9.41. The number of hydrogen-bond acceptors (Lipinski definition) is 8. The number of aliphatic hydroxyl groups excluding tert-OH is 1. The number of anilines is 2. The summed E-state index contributed by atoms with van der Waals surface area (Å²) in [5.41, 5.74) is 1.12. The second-order valence-electron chi connectivity index (χ2n) is 12.4. The zero-order valence-electron chi connectivity index (χ0n) is 26.6. The SMILES string of the molecule is C[C@@H](/C=C/CC(=O)N1CCC[C@H]1CO)[C@]1(O)C(=O)N(Cc2ccc(N3N=C(c4ccccc4)CCC3=O)cc2)c2ccc([N+](=O)[O-])cc21. The van der Waals surface area contributed by atoms with E-state index in [-0.39, 0.29) is 48.7 Å². The molecule has 1 saturated heterocycles. The molecule has 48 heavy (non-hydrogen) atoms. The van der Waals surface area contributed by atoms with Gasteiger partial charge in [-0.25, -0.2) is 5.01 Å². The van der Waals surface area contributed by atoms with Gasteiger partial charge in [0.15, 0.2) is 5.60 Å². The number of carbonyl (C=O) groups excluding carboxylic acids is 3. The highest BCUT2D eigenvalue weighted by Crippen LogP contribution is 2.47. The van der Waals surface area contributed by atoms with Crippen molar-refractivity contribution in [3.63, 3.8) is 0 Å². The quantitative estimate of drug-likeness (QED) is 0.187. The van der Waals surface area contributed by atoms with E-state index in [1.807, 2.05) is 30.3 Å². The number of fused-ring (bicyclic) bond motifs is 1. The van der Waals surface area contributed by atoms with E-state index < -0.39 is 22.3 Å². The second kappa shape index (κ2) is 13.5. The molecule has 0 unspecified atom stereocenters. The summed E-state index contributed by atoms with van der Waals surface area (Å²) in [6.45, 7) is 2.16. The maximum Gasteiger partial charge on any atom is 0.269 e. The summed E-state index contributed by atoms with van der Waals surface area (Å²) in [5, 5.41) is 39.2. The van der Waals surface area contributed by atoms with Crippen molar-refractivity contribution in [3.05, 3.63) is 112 Å². The Hall–Kier alpha value is -5.20. The van der Waals surface area contributed by atoms with Crippen LogP contribution in [0.15, 0.2) is 90.0 Å². The van der Waals surface area contributed by atoms with Gasteiger partial charge in [-0.3, -0.25) is 24.5 Å². The summed E-state index contributed by atoms with van der Waals surface area (Å²) in [6, 6.07) is 20.5. The molecule has 0 bridgehead atoms. The third kappa shape index (κ3) is 6.12. The van der Waals surface area contributed by atoms with Crippen molar-refractivity contribution >= 4 is 40.5 Å². The van der Waals surface area contributed by atoms with Gasteiger partial charge in [0.1, 0.15) is 0 Å². The fraction of sp³-hybridized carbons (Fsp3) is 0.333. The number of hydrazone groups is 1. The molecule has 3 aliphatic rings. The van der Waals surface area contributed by atoms with Crippen LogP contribution in [0.4, 0.5) is 17.1 Å². The molecule has 3 aromatic rings. The van der Waals surface area contributed by atoms with Gasteiger partial charge in [0.2, 0.25) is 11.8 Å². The molecule has 1 fully saturated rings. The number of nitro benzene ring substituents is 1. The fourth-order valence-corrected chi connectivity index (χ4v) is 6.71. The zero-order valence-corrected chi connectivity index (χ0v) is 26.6. The van der Waals surface area contributed by atoms with Gasteiger partial charge in [0.05, 0.1) is 41.2 Å². The highest BCUT2D eigenvalue weighted by atomic mass is 16.6. The van der Waals surface area contributed by atoms with Crippen molar-refractivity contribution < 1.29 is 29.5 Å². The van der Waals surface area contributed by atoms with E-state index in [0.717, 1.165) is 24.1 Å². The molecule has 6 rings (SSSR count). The van der Waals surface area contributed by atoms with E-state index in [1.165, 1.54) is 28.1 Å². The summed E-state index contributed by atoms with van der Waals surface area (Å²) >= 11 is 0.